The molecule has 5 aromatic carbocycles. The number of benzene rings is 5. The van der Waals surface area contributed by atoms with Crippen molar-refractivity contribution in [3.63, 3.8) is 0 Å². The van der Waals surface area contributed by atoms with Crippen molar-refractivity contribution in [3.05, 3.63) is 281 Å². The van der Waals surface area contributed by atoms with Crippen molar-refractivity contribution < 1.29 is 4.57 Å². The van der Waals surface area contributed by atoms with Gasteiger partial charge < -0.3 is 9.13 Å². The molecule has 0 bridgehead atoms. The number of hydrogen-bond acceptors (Lipinski definition) is 4. The summed E-state index contributed by atoms with van der Waals surface area (Å²) in [4.78, 5) is 19.3. The van der Waals surface area contributed by atoms with Gasteiger partial charge in [0.1, 0.15) is 0 Å². The van der Waals surface area contributed by atoms with Crippen molar-refractivity contribution in [1.29, 1.82) is 0 Å². The Kier molecular flexibility index (Phi) is 7.68. The van der Waals surface area contributed by atoms with Crippen LogP contribution in [0.5, 0.6) is 0 Å². The van der Waals surface area contributed by atoms with Gasteiger partial charge in [-0.15, -0.1) is 0 Å². The highest BCUT2D eigenvalue weighted by molar-refractivity contribution is 5.89. The third kappa shape index (κ3) is 4.61. The Labute approximate surface area is 371 Å². The maximum atomic E-state index is 5.23. The van der Waals surface area contributed by atoms with Crippen LogP contribution in [0.4, 0.5) is 0 Å². The molecule has 5 aromatic heterocycles. The lowest BCUT2D eigenvalue weighted by Crippen LogP contribution is -2.38. The zero-order valence-electron chi connectivity index (χ0n) is 35.3. The Balaban J connectivity index is 1.14. The molecule has 64 heavy (non-hydrogen) atoms. The third-order valence-corrected chi connectivity index (χ3v) is 14.3. The Hall–Kier alpha value is -8.09. The fraction of sp³-hybridized carbons (Fsp3) is 0.0862. The minimum absolute atomic E-state index is 0.714. The van der Waals surface area contributed by atoms with E-state index in [2.05, 4.69) is 192 Å². The third-order valence-electron chi connectivity index (χ3n) is 14.3. The second-order valence-electron chi connectivity index (χ2n) is 17.4. The molecule has 3 aliphatic rings. The summed E-state index contributed by atoms with van der Waals surface area (Å²) in [5.74, 6) is 0. The van der Waals surface area contributed by atoms with Gasteiger partial charge in [-0.25, -0.2) is 0 Å². The van der Waals surface area contributed by atoms with E-state index in [1.165, 1.54) is 50.1 Å². The van der Waals surface area contributed by atoms with Crippen molar-refractivity contribution in [2.75, 3.05) is 0 Å². The van der Waals surface area contributed by atoms with Crippen LogP contribution in [-0.4, -0.2) is 24.5 Å². The van der Waals surface area contributed by atoms with Gasteiger partial charge in [0, 0.05) is 76.8 Å². The summed E-state index contributed by atoms with van der Waals surface area (Å²) in [6.45, 7) is 2.15. The molecule has 0 aliphatic heterocycles. The number of fused-ring (bicyclic) bond motifs is 9. The van der Waals surface area contributed by atoms with Crippen molar-refractivity contribution >= 4 is 0 Å². The van der Waals surface area contributed by atoms with Gasteiger partial charge in [0.15, 0.2) is 5.54 Å². The van der Waals surface area contributed by atoms with Crippen LogP contribution in [0.3, 0.4) is 0 Å². The predicted molar refractivity (Wildman–Crippen MR) is 249 cm³/mol. The molecule has 0 N–H and O–H groups in total. The molecule has 3 atom stereocenters. The fourth-order valence-corrected chi connectivity index (χ4v) is 11.9. The Morgan fingerprint density at radius 3 is 1.53 bits per heavy atom. The molecule has 0 spiro atoms. The maximum absolute atomic E-state index is 5.23. The minimum atomic E-state index is -0.743. The number of hydrogen-bond donors (Lipinski definition) is 0. The number of rotatable bonds is 6. The molecule has 6 nitrogen and oxygen atoms in total. The SMILES string of the molecule is Cc1ccnc(C2(c3cccc(C4(c5cccc(C6(n7[c-][n+](C)cc7)c7ccccc7-c7cnccc76)c5)c5ccccc5-c5cnccc54)c3)c3ccccc3-c3cnccc32)c1. The van der Waals surface area contributed by atoms with Gasteiger partial charge in [-0.05, 0) is 117 Å². The Morgan fingerprint density at radius 2 is 0.922 bits per heavy atom. The molecule has 0 fully saturated rings. The van der Waals surface area contributed by atoms with Gasteiger partial charge in [-0.3, -0.25) is 19.9 Å². The molecule has 0 saturated heterocycles. The quantitative estimate of drug-likeness (QED) is 0.124. The van der Waals surface area contributed by atoms with Crippen LogP contribution in [0.1, 0.15) is 66.9 Å². The summed E-state index contributed by atoms with van der Waals surface area (Å²) in [5.41, 5.74) is 18.6. The van der Waals surface area contributed by atoms with Crippen molar-refractivity contribution in [1.82, 2.24) is 24.5 Å². The van der Waals surface area contributed by atoms with E-state index in [-0.39, 0.29) is 0 Å². The van der Waals surface area contributed by atoms with E-state index < -0.39 is 16.4 Å². The van der Waals surface area contributed by atoms with Crippen LogP contribution in [0.25, 0.3) is 33.4 Å². The molecule has 13 rings (SSSR count). The van der Waals surface area contributed by atoms with Crippen molar-refractivity contribution in [2.45, 2.75) is 23.3 Å². The summed E-state index contributed by atoms with van der Waals surface area (Å²) in [7, 11) is 2.04. The first-order chi connectivity index (χ1) is 31.5. The normalized spacial score (nSPS) is 19.6. The summed E-state index contributed by atoms with van der Waals surface area (Å²) >= 11 is 0. The van der Waals surface area contributed by atoms with Crippen LogP contribution in [0.2, 0.25) is 0 Å². The number of imidazole rings is 1. The van der Waals surface area contributed by atoms with Gasteiger partial charge in [-0.2, -0.15) is 0 Å². The molecule has 3 aliphatic carbocycles. The molecule has 0 saturated carbocycles. The first kappa shape index (κ1) is 36.6. The number of aryl methyl sites for hydroxylation is 2. The van der Waals surface area contributed by atoms with Gasteiger partial charge in [0.2, 0.25) is 6.33 Å². The first-order valence-electron chi connectivity index (χ1n) is 21.8. The smallest absolute Gasteiger partial charge is 0.204 e. The minimum Gasteiger partial charge on any atom is -0.354 e. The monoisotopic (exact) mass is 820 g/mol. The van der Waals surface area contributed by atoms with E-state index in [1.54, 1.807) is 0 Å². The Morgan fingerprint density at radius 1 is 0.453 bits per heavy atom. The average molecular weight is 821 g/mol. The van der Waals surface area contributed by atoms with Crippen molar-refractivity contribution in [3.8, 4) is 33.4 Å². The summed E-state index contributed by atoms with van der Waals surface area (Å²) in [5, 5.41) is 0. The molecule has 302 valence electrons. The lowest BCUT2D eigenvalue weighted by Gasteiger charge is -2.38. The van der Waals surface area contributed by atoms with Gasteiger partial charge >= 0.3 is 0 Å². The highest BCUT2D eigenvalue weighted by Gasteiger charge is 2.52. The van der Waals surface area contributed by atoms with Gasteiger partial charge in [-0.1, -0.05) is 115 Å². The Bertz CT molecular complexity index is 3390. The van der Waals surface area contributed by atoms with E-state index in [4.69, 9.17) is 9.97 Å². The van der Waals surface area contributed by atoms with Crippen molar-refractivity contribution in [2.24, 2.45) is 7.05 Å². The lowest BCUT2D eigenvalue weighted by molar-refractivity contribution is -0.675. The highest BCUT2D eigenvalue weighted by Crippen LogP contribution is 2.60. The maximum Gasteiger partial charge on any atom is 0.204 e. The molecule has 0 amide bonds. The van der Waals surface area contributed by atoms with E-state index >= 15 is 0 Å². The largest absolute Gasteiger partial charge is 0.354 e. The number of aromatic nitrogens is 6. The van der Waals surface area contributed by atoms with Crippen LogP contribution < -0.4 is 4.57 Å². The second-order valence-corrected chi connectivity index (χ2v) is 17.4. The lowest BCUT2D eigenvalue weighted by atomic mass is 9.64. The van der Waals surface area contributed by atoms with Crippen LogP contribution in [0.15, 0.2) is 207 Å². The molecule has 10 aromatic rings. The van der Waals surface area contributed by atoms with E-state index in [1.807, 2.05) is 55.0 Å². The average Bonchev–Trinajstić information content (AvgIpc) is 4.09. The van der Waals surface area contributed by atoms with Gasteiger partial charge in [0.05, 0.1) is 23.6 Å². The molecule has 3 unspecified atom stereocenters. The second kappa shape index (κ2) is 13.5. The first-order valence-corrected chi connectivity index (χ1v) is 21.8. The standard InChI is InChI=1S/C58H40N6/c1-38-21-28-62-55(31-38)57(50-19-7-4-16-44(50)47-35-60-26-23-52(47)57)41-13-9-11-39(32-41)56(49-18-6-3-15-43(49)46-34-59-25-22-51(46)56)40-12-10-14-42(33-40)58(64-30-29-63(2)37-64)53-20-8-5-17-45(53)48-36-61-27-24-54(48)58/h3-36H,1-2H3. The highest BCUT2D eigenvalue weighted by atomic mass is 15.2. The van der Waals surface area contributed by atoms with Crippen LogP contribution in [-0.2, 0) is 23.4 Å². The summed E-state index contributed by atoms with van der Waals surface area (Å²) in [6, 6.07) is 56.1. The van der Waals surface area contributed by atoms with Gasteiger partial charge in [0.25, 0.3) is 0 Å². The molecule has 0 radical (unpaired) electrons. The molecular formula is C58H40N6. The predicted octanol–water partition coefficient (Wildman–Crippen LogP) is 10.5. The number of nitrogens with zero attached hydrogens (tertiary/aromatic N) is 6. The number of pyridine rings is 4. The van der Waals surface area contributed by atoms with E-state index in [0.717, 1.165) is 50.2 Å². The van der Waals surface area contributed by atoms with Crippen LogP contribution in [0, 0.1) is 13.3 Å². The molecular weight excluding hydrogens is 781 g/mol. The zero-order chi connectivity index (χ0) is 42.6. The van der Waals surface area contributed by atoms with E-state index in [9.17, 15) is 0 Å². The van der Waals surface area contributed by atoms with E-state index in [0.29, 0.717) is 0 Å². The zero-order valence-corrected chi connectivity index (χ0v) is 35.3. The summed E-state index contributed by atoms with van der Waals surface area (Å²) in [6.07, 6.45) is 21.7. The molecule has 5 heterocycles. The van der Waals surface area contributed by atoms with Crippen LogP contribution >= 0.6 is 0 Å². The molecule has 6 heteroatoms. The fourth-order valence-electron chi connectivity index (χ4n) is 11.9. The summed E-state index contributed by atoms with van der Waals surface area (Å²) < 4.78 is 4.26. The topological polar surface area (TPSA) is 60.4 Å².